The van der Waals surface area contributed by atoms with Crippen molar-refractivity contribution in [2.45, 2.75) is 0 Å². The molecule has 1 rings (SSSR count). The highest BCUT2D eigenvalue weighted by atomic mass is 32.1. The second kappa shape index (κ2) is 2.18. The molecule has 4 nitrogen and oxygen atoms in total. The Kier molecular flexibility index (Phi) is 1.50. The molecular weight excluding hydrogens is 152 g/mol. The van der Waals surface area contributed by atoms with Crippen LogP contribution >= 0.6 is 12.2 Å². The molecule has 1 aliphatic rings. The first-order valence-electron chi connectivity index (χ1n) is 2.48. The van der Waals surface area contributed by atoms with Gasteiger partial charge in [0.05, 0.1) is 5.57 Å². The molecule has 0 unspecified atom stereocenters. The maximum atomic E-state index is 10.7. The fraction of sp³-hybridized carbons (Fsp3) is 0. The Morgan fingerprint density at radius 2 is 2.20 bits per heavy atom. The Labute approximate surface area is 62.1 Å². The molecule has 0 fully saturated rings. The minimum absolute atomic E-state index is 0.0525. The summed E-state index contributed by atoms with van der Waals surface area (Å²) in [5, 5.41) is 2.01. The maximum absolute atomic E-state index is 10.7. The molecule has 0 atom stereocenters. The second-order valence-electron chi connectivity index (χ2n) is 1.74. The number of carbonyl (C=O) groups is 2. The van der Waals surface area contributed by atoms with E-state index in [0.717, 1.165) is 6.08 Å². The SMILES string of the molecule is NC(=S)C1=CC(=O)NC1=O. The summed E-state index contributed by atoms with van der Waals surface area (Å²) in [6, 6.07) is 0. The highest BCUT2D eigenvalue weighted by molar-refractivity contribution is 7.80. The van der Waals surface area contributed by atoms with Crippen LogP contribution in [0.4, 0.5) is 0 Å². The molecule has 0 saturated carbocycles. The van der Waals surface area contributed by atoms with Gasteiger partial charge >= 0.3 is 0 Å². The van der Waals surface area contributed by atoms with E-state index in [1.807, 2.05) is 5.32 Å². The number of hydrogen-bond acceptors (Lipinski definition) is 3. The Morgan fingerprint density at radius 3 is 2.40 bits per heavy atom. The van der Waals surface area contributed by atoms with Gasteiger partial charge in [-0.3, -0.25) is 14.9 Å². The van der Waals surface area contributed by atoms with Gasteiger partial charge in [-0.05, 0) is 0 Å². The largest absolute Gasteiger partial charge is 0.389 e. The van der Waals surface area contributed by atoms with Crippen LogP contribution in [0.1, 0.15) is 0 Å². The van der Waals surface area contributed by atoms with Crippen molar-refractivity contribution in [1.82, 2.24) is 5.32 Å². The molecule has 0 aromatic heterocycles. The number of thiocarbonyl (C=S) groups is 1. The van der Waals surface area contributed by atoms with Gasteiger partial charge in [0.1, 0.15) is 4.99 Å². The topological polar surface area (TPSA) is 72.2 Å². The van der Waals surface area contributed by atoms with Crippen molar-refractivity contribution in [3.8, 4) is 0 Å². The average molecular weight is 156 g/mol. The summed E-state index contributed by atoms with van der Waals surface area (Å²) in [5.74, 6) is -0.981. The lowest BCUT2D eigenvalue weighted by Gasteiger charge is -1.91. The van der Waals surface area contributed by atoms with Gasteiger partial charge in [0, 0.05) is 6.08 Å². The average Bonchev–Trinajstić information content (AvgIpc) is 2.10. The molecule has 3 N–H and O–H groups in total. The number of imide groups is 1. The Morgan fingerprint density at radius 1 is 1.60 bits per heavy atom. The number of nitrogens with one attached hydrogen (secondary N) is 1. The van der Waals surface area contributed by atoms with Crippen LogP contribution in [0.5, 0.6) is 0 Å². The van der Waals surface area contributed by atoms with Crippen molar-refractivity contribution in [2.24, 2.45) is 5.73 Å². The molecule has 1 aliphatic heterocycles. The van der Waals surface area contributed by atoms with E-state index in [4.69, 9.17) is 5.73 Å². The molecule has 0 bridgehead atoms. The minimum Gasteiger partial charge on any atom is -0.389 e. The molecule has 0 spiro atoms. The van der Waals surface area contributed by atoms with Crippen molar-refractivity contribution in [2.75, 3.05) is 0 Å². The number of rotatable bonds is 1. The molecule has 0 aromatic carbocycles. The molecule has 0 radical (unpaired) electrons. The Balaban J connectivity index is 2.96. The fourth-order valence-electron chi connectivity index (χ4n) is 0.595. The summed E-state index contributed by atoms with van der Waals surface area (Å²) >= 11 is 4.48. The van der Waals surface area contributed by atoms with E-state index >= 15 is 0 Å². The highest BCUT2D eigenvalue weighted by Crippen LogP contribution is 2.01. The van der Waals surface area contributed by atoms with Crippen LogP contribution in [0.25, 0.3) is 0 Å². The van der Waals surface area contributed by atoms with Crippen molar-refractivity contribution >= 4 is 29.0 Å². The van der Waals surface area contributed by atoms with Gasteiger partial charge in [-0.15, -0.1) is 0 Å². The number of nitrogens with two attached hydrogens (primary N) is 1. The lowest BCUT2D eigenvalue weighted by Crippen LogP contribution is -2.26. The predicted molar refractivity (Wildman–Crippen MR) is 38.0 cm³/mol. The molecule has 1 heterocycles. The fourth-order valence-corrected chi connectivity index (χ4v) is 0.747. The Hall–Kier alpha value is -1.23. The van der Waals surface area contributed by atoms with Gasteiger partial charge in [-0.2, -0.15) is 0 Å². The normalized spacial score (nSPS) is 16.6. The van der Waals surface area contributed by atoms with Crippen LogP contribution in [0.3, 0.4) is 0 Å². The lowest BCUT2D eigenvalue weighted by atomic mass is 10.3. The maximum Gasteiger partial charge on any atom is 0.261 e. The standard InChI is InChI=1S/C5H4N2O2S/c6-4(10)2-1-3(8)7-5(2)9/h1H,(H2,6,10)(H,7,8,9). The lowest BCUT2D eigenvalue weighted by molar-refractivity contribution is -0.123. The van der Waals surface area contributed by atoms with E-state index in [1.165, 1.54) is 0 Å². The van der Waals surface area contributed by atoms with Crippen LogP contribution in [0.15, 0.2) is 11.6 Å². The highest BCUT2D eigenvalue weighted by Gasteiger charge is 2.21. The zero-order chi connectivity index (χ0) is 7.72. The summed E-state index contributed by atoms with van der Waals surface area (Å²) in [5.41, 5.74) is 5.18. The monoisotopic (exact) mass is 156 g/mol. The molecular formula is C5H4N2O2S. The van der Waals surface area contributed by atoms with Gasteiger partial charge in [0.25, 0.3) is 11.8 Å². The van der Waals surface area contributed by atoms with E-state index in [9.17, 15) is 9.59 Å². The molecule has 0 aromatic rings. The van der Waals surface area contributed by atoms with Crippen molar-refractivity contribution in [3.05, 3.63) is 11.6 Å². The molecule has 10 heavy (non-hydrogen) atoms. The zero-order valence-electron chi connectivity index (χ0n) is 4.88. The summed E-state index contributed by atoms with van der Waals surface area (Å²) in [6.07, 6.45) is 1.09. The van der Waals surface area contributed by atoms with E-state index in [-0.39, 0.29) is 10.6 Å². The quantitative estimate of drug-likeness (QED) is 0.371. The van der Waals surface area contributed by atoms with Crippen LogP contribution in [0.2, 0.25) is 0 Å². The van der Waals surface area contributed by atoms with Crippen molar-refractivity contribution in [3.63, 3.8) is 0 Å². The first kappa shape index (κ1) is 6.88. The van der Waals surface area contributed by atoms with Gasteiger partial charge in [-0.25, -0.2) is 0 Å². The summed E-state index contributed by atoms with van der Waals surface area (Å²) < 4.78 is 0. The van der Waals surface area contributed by atoms with Crippen LogP contribution in [0, 0.1) is 0 Å². The molecule has 52 valence electrons. The summed E-state index contributed by atoms with van der Waals surface area (Å²) in [6.45, 7) is 0. The number of hydrogen-bond donors (Lipinski definition) is 2. The van der Waals surface area contributed by atoms with Crippen LogP contribution in [-0.4, -0.2) is 16.8 Å². The van der Waals surface area contributed by atoms with Gasteiger partial charge < -0.3 is 5.73 Å². The first-order chi connectivity index (χ1) is 4.61. The summed E-state index contributed by atoms with van der Waals surface area (Å²) in [7, 11) is 0. The van der Waals surface area contributed by atoms with Gasteiger partial charge in [0.15, 0.2) is 0 Å². The van der Waals surface area contributed by atoms with E-state index < -0.39 is 11.8 Å². The third kappa shape index (κ3) is 1.03. The number of carbonyl (C=O) groups excluding carboxylic acids is 2. The second-order valence-corrected chi connectivity index (χ2v) is 2.18. The van der Waals surface area contributed by atoms with Gasteiger partial charge in [0.2, 0.25) is 0 Å². The van der Waals surface area contributed by atoms with E-state index in [2.05, 4.69) is 12.2 Å². The van der Waals surface area contributed by atoms with Gasteiger partial charge in [-0.1, -0.05) is 12.2 Å². The predicted octanol–water partition coefficient (Wildman–Crippen LogP) is -1.14. The van der Waals surface area contributed by atoms with Crippen molar-refractivity contribution in [1.29, 1.82) is 0 Å². The first-order valence-corrected chi connectivity index (χ1v) is 2.89. The third-order valence-corrected chi connectivity index (χ3v) is 1.24. The smallest absolute Gasteiger partial charge is 0.261 e. The van der Waals surface area contributed by atoms with Crippen LogP contribution < -0.4 is 11.1 Å². The molecule has 5 heteroatoms. The molecule has 0 saturated heterocycles. The third-order valence-electron chi connectivity index (χ3n) is 1.02. The van der Waals surface area contributed by atoms with Crippen LogP contribution in [-0.2, 0) is 9.59 Å². The van der Waals surface area contributed by atoms with Crippen molar-refractivity contribution < 1.29 is 9.59 Å². The Bertz CT molecular complexity index is 256. The summed E-state index contributed by atoms with van der Waals surface area (Å²) in [4.78, 5) is 21.1. The zero-order valence-corrected chi connectivity index (χ0v) is 5.70. The molecule has 0 aliphatic carbocycles. The van der Waals surface area contributed by atoms with E-state index in [1.54, 1.807) is 0 Å². The molecule has 2 amide bonds. The van der Waals surface area contributed by atoms with E-state index in [0.29, 0.717) is 0 Å². The number of amides is 2. The minimum atomic E-state index is -0.516.